The number of ether oxygens (including phenoxy) is 1. The second-order valence-corrected chi connectivity index (χ2v) is 3.99. The SMILES string of the molecule is CCOC(=O)c1coc(N(C)C2CCNC2)n1. The van der Waals surface area contributed by atoms with Gasteiger partial charge in [-0.3, -0.25) is 0 Å². The van der Waals surface area contributed by atoms with Crippen LogP contribution in [-0.4, -0.2) is 43.7 Å². The van der Waals surface area contributed by atoms with Crippen molar-refractivity contribution < 1.29 is 13.9 Å². The van der Waals surface area contributed by atoms with E-state index >= 15 is 0 Å². The number of anilines is 1. The monoisotopic (exact) mass is 239 g/mol. The fraction of sp³-hybridized carbons (Fsp3) is 0.636. The molecule has 17 heavy (non-hydrogen) atoms. The average molecular weight is 239 g/mol. The molecular weight excluding hydrogens is 222 g/mol. The first-order chi connectivity index (χ1) is 8.22. The summed E-state index contributed by atoms with van der Waals surface area (Å²) in [5, 5.41) is 3.27. The van der Waals surface area contributed by atoms with Gasteiger partial charge in [0.05, 0.1) is 6.61 Å². The zero-order chi connectivity index (χ0) is 12.3. The van der Waals surface area contributed by atoms with Crippen molar-refractivity contribution >= 4 is 12.0 Å². The third kappa shape index (κ3) is 2.58. The minimum absolute atomic E-state index is 0.222. The van der Waals surface area contributed by atoms with Crippen LogP contribution in [0.15, 0.2) is 10.7 Å². The molecule has 0 aromatic carbocycles. The Morgan fingerprint density at radius 2 is 2.59 bits per heavy atom. The number of oxazole rings is 1. The van der Waals surface area contributed by atoms with Gasteiger partial charge in [0.2, 0.25) is 0 Å². The Labute approximate surface area is 99.9 Å². The number of likely N-dealkylation sites (N-methyl/N-ethyl adjacent to an activating group) is 1. The van der Waals surface area contributed by atoms with E-state index < -0.39 is 5.97 Å². The number of carbonyl (C=O) groups is 1. The van der Waals surface area contributed by atoms with E-state index in [4.69, 9.17) is 9.15 Å². The highest BCUT2D eigenvalue weighted by Crippen LogP contribution is 2.18. The highest BCUT2D eigenvalue weighted by molar-refractivity contribution is 5.87. The van der Waals surface area contributed by atoms with Crippen molar-refractivity contribution in [1.82, 2.24) is 10.3 Å². The van der Waals surface area contributed by atoms with Crippen LogP contribution in [0.3, 0.4) is 0 Å². The molecule has 0 saturated carbocycles. The maximum atomic E-state index is 11.4. The Bertz CT molecular complexity index is 385. The van der Waals surface area contributed by atoms with Gasteiger partial charge in [0.1, 0.15) is 6.26 Å². The van der Waals surface area contributed by atoms with Crippen molar-refractivity contribution in [2.45, 2.75) is 19.4 Å². The van der Waals surface area contributed by atoms with Crippen LogP contribution in [0.4, 0.5) is 6.01 Å². The number of carbonyl (C=O) groups excluding carboxylic acids is 1. The smallest absolute Gasteiger partial charge is 0.360 e. The van der Waals surface area contributed by atoms with Gasteiger partial charge in [-0.25, -0.2) is 4.79 Å². The van der Waals surface area contributed by atoms with E-state index in [0.29, 0.717) is 18.7 Å². The lowest BCUT2D eigenvalue weighted by Gasteiger charge is -2.21. The topological polar surface area (TPSA) is 67.6 Å². The quantitative estimate of drug-likeness (QED) is 0.778. The maximum absolute atomic E-state index is 11.4. The van der Waals surface area contributed by atoms with Crippen LogP contribution in [0, 0.1) is 0 Å². The molecule has 2 rings (SSSR count). The van der Waals surface area contributed by atoms with Gasteiger partial charge in [-0.05, 0) is 19.9 Å². The van der Waals surface area contributed by atoms with Crippen LogP contribution >= 0.6 is 0 Å². The molecule has 1 unspecified atom stereocenters. The van der Waals surface area contributed by atoms with Crippen LogP contribution in [0.1, 0.15) is 23.8 Å². The van der Waals surface area contributed by atoms with Crippen molar-refractivity contribution in [2.24, 2.45) is 0 Å². The third-order valence-electron chi connectivity index (χ3n) is 2.86. The average Bonchev–Trinajstić information content (AvgIpc) is 3.00. The number of hydrogen-bond acceptors (Lipinski definition) is 6. The summed E-state index contributed by atoms with van der Waals surface area (Å²) in [5.41, 5.74) is 0.222. The van der Waals surface area contributed by atoms with E-state index in [9.17, 15) is 4.79 Å². The van der Waals surface area contributed by atoms with E-state index in [0.717, 1.165) is 19.5 Å². The van der Waals surface area contributed by atoms with Gasteiger partial charge in [0, 0.05) is 19.6 Å². The Kier molecular flexibility index (Phi) is 3.63. The third-order valence-corrected chi connectivity index (χ3v) is 2.86. The molecule has 0 bridgehead atoms. The highest BCUT2D eigenvalue weighted by atomic mass is 16.5. The molecule has 1 fully saturated rings. The first-order valence-corrected chi connectivity index (χ1v) is 5.78. The Balaban J connectivity index is 2.04. The lowest BCUT2D eigenvalue weighted by Crippen LogP contribution is -2.33. The summed E-state index contributed by atoms with van der Waals surface area (Å²) in [6, 6.07) is 0.824. The molecule has 6 heteroatoms. The first kappa shape index (κ1) is 11.9. The lowest BCUT2D eigenvalue weighted by molar-refractivity contribution is 0.0519. The van der Waals surface area contributed by atoms with Gasteiger partial charge in [0.15, 0.2) is 5.69 Å². The molecule has 0 radical (unpaired) electrons. The largest absolute Gasteiger partial charge is 0.461 e. The fourth-order valence-electron chi connectivity index (χ4n) is 1.85. The predicted molar refractivity (Wildman–Crippen MR) is 62.1 cm³/mol. The van der Waals surface area contributed by atoms with E-state index in [1.807, 2.05) is 11.9 Å². The van der Waals surface area contributed by atoms with Crippen LogP contribution in [0.2, 0.25) is 0 Å². The van der Waals surface area contributed by atoms with Crippen molar-refractivity contribution in [2.75, 3.05) is 31.6 Å². The molecule has 2 heterocycles. The number of hydrogen-bond donors (Lipinski definition) is 1. The highest BCUT2D eigenvalue weighted by Gasteiger charge is 2.23. The molecule has 1 saturated heterocycles. The molecule has 0 aliphatic carbocycles. The molecule has 1 aliphatic heterocycles. The summed E-state index contributed by atoms with van der Waals surface area (Å²) in [6.07, 6.45) is 2.39. The second-order valence-electron chi connectivity index (χ2n) is 3.99. The molecular formula is C11H17N3O3. The minimum Gasteiger partial charge on any atom is -0.461 e. The second kappa shape index (κ2) is 5.18. The Hall–Kier alpha value is -1.56. The fourth-order valence-corrected chi connectivity index (χ4v) is 1.85. The molecule has 94 valence electrons. The normalized spacial score (nSPS) is 19.3. The Morgan fingerprint density at radius 3 is 3.24 bits per heavy atom. The molecule has 1 aromatic rings. The van der Waals surface area contributed by atoms with Gasteiger partial charge in [-0.2, -0.15) is 4.98 Å². The van der Waals surface area contributed by atoms with Crippen molar-refractivity contribution in [3.8, 4) is 0 Å². The molecule has 1 atom stereocenters. The summed E-state index contributed by atoms with van der Waals surface area (Å²) in [7, 11) is 1.92. The van der Waals surface area contributed by atoms with Gasteiger partial charge in [-0.15, -0.1) is 0 Å². The van der Waals surface area contributed by atoms with Crippen molar-refractivity contribution in [3.05, 3.63) is 12.0 Å². The molecule has 0 amide bonds. The minimum atomic E-state index is -0.444. The van der Waals surface area contributed by atoms with Crippen molar-refractivity contribution in [1.29, 1.82) is 0 Å². The number of nitrogens with zero attached hydrogens (tertiary/aromatic N) is 2. The van der Waals surface area contributed by atoms with Gasteiger partial charge >= 0.3 is 5.97 Å². The number of nitrogens with one attached hydrogen (secondary N) is 1. The van der Waals surface area contributed by atoms with Crippen LogP contribution in [0.25, 0.3) is 0 Å². The van der Waals surface area contributed by atoms with E-state index in [1.165, 1.54) is 6.26 Å². The van der Waals surface area contributed by atoms with Gasteiger partial charge < -0.3 is 19.4 Å². The summed E-state index contributed by atoms with van der Waals surface area (Å²) in [4.78, 5) is 17.5. The van der Waals surface area contributed by atoms with Crippen LogP contribution in [0.5, 0.6) is 0 Å². The molecule has 1 N–H and O–H groups in total. The van der Waals surface area contributed by atoms with Gasteiger partial charge in [0.25, 0.3) is 6.01 Å². The number of aromatic nitrogens is 1. The summed E-state index contributed by atoms with van der Waals surface area (Å²) < 4.78 is 10.1. The summed E-state index contributed by atoms with van der Waals surface area (Å²) in [5.74, 6) is -0.444. The van der Waals surface area contributed by atoms with E-state index in [-0.39, 0.29) is 5.69 Å². The Morgan fingerprint density at radius 1 is 1.76 bits per heavy atom. The van der Waals surface area contributed by atoms with Crippen LogP contribution < -0.4 is 10.2 Å². The van der Waals surface area contributed by atoms with Crippen LogP contribution in [-0.2, 0) is 4.74 Å². The molecule has 1 aromatic heterocycles. The first-order valence-electron chi connectivity index (χ1n) is 5.78. The molecule has 0 spiro atoms. The van der Waals surface area contributed by atoms with Gasteiger partial charge in [-0.1, -0.05) is 0 Å². The van der Waals surface area contributed by atoms with E-state index in [1.54, 1.807) is 6.92 Å². The van der Waals surface area contributed by atoms with E-state index in [2.05, 4.69) is 10.3 Å². The summed E-state index contributed by atoms with van der Waals surface area (Å²) >= 11 is 0. The maximum Gasteiger partial charge on any atom is 0.360 e. The standard InChI is InChI=1S/C11H17N3O3/c1-3-16-10(15)9-7-17-11(13-9)14(2)8-4-5-12-6-8/h7-8,12H,3-6H2,1-2H3. The number of esters is 1. The lowest BCUT2D eigenvalue weighted by atomic mass is 10.2. The number of rotatable bonds is 4. The van der Waals surface area contributed by atoms with Crippen molar-refractivity contribution in [3.63, 3.8) is 0 Å². The predicted octanol–water partition coefficient (Wildman–Crippen LogP) is 0.649. The zero-order valence-electron chi connectivity index (χ0n) is 10.1. The molecule has 6 nitrogen and oxygen atoms in total. The summed E-state index contributed by atoms with van der Waals surface area (Å²) in [6.45, 7) is 4.01. The zero-order valence-corrected chi connectivity index (χ0v) is 10.1. The molecule has 1 aliphatic rings.